The molecule has 9 atom stereocenters. The molecule has 9 unspecified atom stereocenters. The second-order valence-corrected chi connectivity index (χ2v) is 13.1. The topological polar surface area (TPSA) is 118 Å². The molecule has 5 N–H and O–H groups in total. The number of rotatable bonds is 5. The molecule has 0 aliphatic heterocycles. The minimum absolute atomic E-state index is 0.0145. The van der Waals surface area contributed by atoms with E-state index in [-0.39, 0.29) is 30.0 Å². The number of allylic oxidation sites excluding steroid dienone is 1. The molecule has 0 saturated heterocycles. The molecule has 33 heavy (non-hydrogen) atoms. The Balaban J connectivity index is 1.64. The summed E-state index contributed by atoms with van der Waals surface area (Å²) in [6, 6.07) is 0. The molecule has 0 radical (unpaired) electrons. The van der Waals surface area contributed by atoms with Gasteiger partial charge in [0.15, 0.2) is 5.78 Å². The van der Waals surface area contributed by atoms with E-state index in [9.17, 15) is 30.3 Å². The molecule has 0 amide bonds. The first-order chi connectivity index (χ1) is 15.1. The zero-order valence-electron chi connectivity index (χ0n) is 21.0. The lowest BCUT2D eigenvalue weighted by atomic mass is 9.45. The largest absolute Gasteiger partial charge is 0.390 e. The van der Waals surface area contributed by atoms with Crippen LogP contribution in [0.3, 0.4) is 0 Å². The van der Waals surface area contributed by atoms with Gasteiger partial charge in [0.2, 0.25) is 0 Å². The molecule has 0 spiro atoms. The van der Waals surface area contributed by atoms with E-state index in [0.717, 1.165) is 18.4 Å². The Hall–Kier alpha value is -0.790. The lowest BCUT2D eigenvalue weighted by Crippen LogP contribution is -2.61. The van der Waals surface area contributed by atoms with E-state index in [2.05, 4.69) is 6.92 Å². The molecule has 0 aromatic rings. The molecule has 0 aromatic heterocycles. The summed E-state index contributed by atoms with van der Waals surface area (Å²) in [5, 5.41) is 54.5. The van der Waals surface area contributed by atoms with Crippen molar-refractivity contribution in [3.05, 3.63) is 11.6 Å². The quantitative estimate of drug-likeness (QED) is 0.427. The van der Waals surface area contributed by atoms with Gasteiger partial charge in [0.1, 0.15) is 0 Å². The Bertz CT molecular complexity index is 827. The summed E-state index contributed by atoms with van der Waals surface area (Å²) < 4.78 is 0. The minimum atomic E-state index is -1.16. The van der Waals surface area contributed by atoms with Crippen LogP contribution in [0.2, 0.25) is 0 Å². The highest BCUT2D eigenvalue weighted by atomic mass is 16.3. The highest BCUT2D eigenvalue weighted by molar-refractivity contribution is 5.95. The van der Waals surface area contributed by atoms with Crippen molar-refractivity contribution in [1.29, 1.82) is 0 Å². The summed E-state index contributed by atoms with van der Waals surface area (Å²) in [6.45, 7) is 9.54. The fourth-order valence-corrected chi connectivity index (χ4v) is 8.42. The van der Waals surface area contributed by atoms with E-state index >= 15 is 0 Å². The van der Waals surface area contributed by atoms with Crippen LogP contribution in [-0.2, 0) is 4.79 Å². The summed E-state index contributed by atoms with van der Waals surface area (Å²) >= 11 is 0. The smallest absolute Gasteiger partial charge is 0.159 e. The lowest BCUT2D eigenvalue weighted by molar-refractivity contribution is -0.160. The van der Waals surface area contributed by atoms with Gasteiger partial charge in [-0.05, 0) is 107 Å². The van der Waals surface area contributed by atoms with Gasteiger partial charge in [0.05, 0.1) is 29.0 Å². The van der Waals surface area contributed by atoms with Gasteiger partial charge in [-0.15, -0.1) is 0 Å². The summed E-state index contributed by atoms with van der Waals surface area (Å²) in [6.07, 6.45) is 5.14. The van der Waals surface area contributed by atoms with E-state index in [0.29, 0.717) is 38.5 Å². The Morgan fingerprint density at radius 1 is 1.00 bits per heavy atom. The van der Waals surface area contributed by atoms with E-state index < -0.39 is 39.8 Å². The molecule has 4 aliphatic carbocycles. The first-order valence-corrected chi connectivity index (χ1v) is 12.8. The number of aliphatic hydroxyl groups excluding tert-OH is 2. The third-order valence-corrected chi connectivity index (χ3v) is 10.3. The maximum atomic E-state index is 13.2. The molecule has 3 saturated carbocycles. The van der Waals surface area contributed by atoms with Crippen LogP contribution in [-0.4, -0.2) is 60.3 Å². The third-order valence-electron chi connectivity index (χ3n) is 10.3. The second-order valence-electron chi connectivity index (χ2n) is 13.1. The van der Waals surface area contributed by atoms with Crippen molar-refractivity contribution in [3.63, 3.8) is 0 Å². The number of fused-ring (bicyclic) bond motifs is 5. The van der Waals surface area contributed by atoms with E-state index in [4.69, 9.17) is 0 Å². The normalized spacial score (nSPS) is 47.3. The highest BCUT2D eigenvalue weighted by Gasteiger charge is 2.68. The van der Waals surface area contributed by atoms with Gasteiger partial charge in [0.25, 0.3) is 0 Å². The van der Waals surface area contributed by atoms with Gasteiger partial charge >= 0.3 is 0 Å². The number of carbonyl (C=O) groups is 1. The maximum absolute atomic E-state index is 13.2. The van der Waals surface area contributed by atoms with Crippen LogP contribution < -0.4 is 0 Å². The van der Waals surface area contributed by atoms with E-state index in [1.165, 1.54) is 0 Å². The Kier molecular flexibility index (Phi) is 6.03. The van der Waals surface area contributed by atoms with Crippen LogP contribution in [0, 0.1) is 28.6 Å². The van der Waals surface area contributed by atoms with Crippen LogP contribution in [0.15, 0.2) is 11.6 Å². The number of ketones is 1. The fraction of sp³-hybridized carbons (Fsp3) is 0.889. The van der Waals surface area contributed by atoms with Crippen LogP contribution >= 0.6 is 0 Å². The van der Waals surface area contributed by atoms with Crippen LogP contribution in [0.5, 0.6) is 0 Å². The minimum Gasteiger partial charge on any atom is -0.390 e. The van der Waals surface area contributed by atoms with Crippen molar-refractivity contribution in [2.45, 2.75) is 121 Å². The van der Waals surface area contributed by atoms with Crippen molar-refractivity contribution in [1.82, 2.24) is 0 Å². The predicted octanol–water partition coefficient (Wildman–Crippen LogP) is 2.88. The molecule has 4 rings (SSSR count). The molecule has 6 heteroatoms. The molecule has 0 heterocycles. The summed E-state index contributed by atoms with van der Waals surface area (Å²) in [5.41, 5.74) is -3.15. The summed E-state index contributed by atoms with van der Waals surface area (Å²) in [7, 11) is 0. The van der Waals surface area contributed by atoms with Crippen LogP contribution in [0.1, 0.15) is 92.4 Å². The number of hydrogen-bond acceptors (Lipinski definition) is 6. The van der Waals surface area contributed by atoms with Crippen LogP contribution in [0.25, 0.3) is 0 Å². The molecule has 188 valence electrons. The molecular weight excluding hydrogens is 420 g/mol. The highest BCUT2D eigenvalue weighted by Crippen LogP contribution is 2.68. The second kappa shape index (κ2) is 7.86. The number of hydrogen-bond donors (Lipinski definition) is 5. The van der Waals surface area contributed by atoms with Gasteiger partial charge in [-0.25, -0.2) is 0 Å². The SMILES string of the molecule is CC(C)(O)CCCC(C)(O)C1CCC2(O)C3=CC(=O)C4CC(O)C(O)CC4(C)C3CCC12C. The van der Waals surface area contributed by atoms with E-state index in [1.807, 2.05) is 13.8 Å². The molecule has 3 fully saturated rings. The summed E-state index contributed by atoms with van der Waals surface area (Å²) in [4.78, 5) is 13.2. The van der Waals surface area contributed by atoms with Crippen LogP contribution in [0.4, 0.5) is 0 Å². The lowest BCUT2D eigenvalue weighted by Gasteiger charge is -2.60. The van der Waals surface area contributed by atoms with Gasteiger partial charge in [-0.3, -0.25) is 4.79 Å². The van der Waals surface area contributed by atoms with Crippen molar-refractivity contribution < 1.29 is 30.3 Å². The first-order valence-electron chi connectivity index (χ1n) is 12.8. The zero-order valence-corrected chi connectivity index (χ0v) is 21.0. The van der Waals surface area contributed by atoms with Crippen molar-refractivity contribution in [2.75, 3.05) is 0 Å². The fourth-order valence-electron chi connectivity index (χ4n) is 8.42. The third kappa shape index (κ3) is 3.85. The zero-order chi connectivity index (χ0) is 24.6. The maximum Gasteiger partial charge on any atom is 0.159 e. The van der Waals surface area contributed by atoms with Crippen molar-refractivity contribution in [3.8, 4) is 0 Å². The van der Waals surface area contributed by atoms with Crippen molar-refractivity contribution in [2.24, 2.45) is 28.6 Å². The number of carbonyl (C=O) groups excluding carboxylic acids is 1. The number of aliphatic hydroxyl groups is 5. The molecule has 0 aromatic carbocycles. The summed E-state index contributed by atoms with van der Waals surface area (Å²) in [5.74, 6) is -0.509. The Labute approximate surface area is 198 Å². The van der Waals surface area contributed by atoms with Crippen molar-refractivity contribution >= 4 is 5.78 Å². The first kappa shape index (κ1) is 25.3. The van der Waals surface area contributed by atoms with Gasteiger partial charge in [-0.1, -0.05) is 13.8 Å². The molecule has 0 bridgehead atoms. The molecule has 4 aliphatic rings. The van der Waals surface area contributed by atoms with Gasteiger partial charge < -0.3 is 25.5 Å². The average Bonchev–Trinajstić information content (AvgIpc) is 2.95. The molecule has 6 nitrogen and oxygen atoms in total. The predicted molar refractivity (Wildman–Crippen MR) is 125 cm³/mol. The van der Waals surface area contributed by atoms with Gasteiger partial charge in [-0.2, -0.15) is 0 Å². The van der Waals surface area contributed by atoms with Gasteiger partial charge in [0, 0.05) is 11.3 Å². The van der Waals surface area contributed by atoms with E-state index in [1.54, 1.807) is 19.9 Å². The molecular formula is C27H44O6. The standard InChI is InChI=1S/C27H44O6/c1-23(2,31)9-6-10-26(5,32)22-8-12-27(33)17-13-19(28)18-14-20(29)21(30)15-24(18,3)16(17)7-11-25(22,27)4/h13,16,18,20-22,29-33H,6-12,14-15H2,1-5H3. The Morgan fingerprint density at radius 3 is 2.30 bits per heavy atom. The monoisotopic (exact) mass is 464 g/mol. The average molecular weight is 465 g/mol. The Morgan fingerprint density at radius 2 is 1.67 bits per heavy atom.